The molecule has 2 N–H and O–H groups in total. The van der Waals surface area contributed by atoms with Crippen molar-refractivity contribution < 1.29 is 13.5 Å². The summed E-state index contributed by atoms with van der Waals surface area (Å²) in [7, 11) is -3.74. The van der Waals surface area contributed by atoms with E-state index in [1.54, 1.807) is 10.6 Å². The monoisotopic (exact) mass is 296 g/mol. The first kappa shape index (κ1) is 14.5. The third kappa shape index (κ3) is 2.97. The molecule has 0 aromatic carbocycles. The lowest BCUT2D eigenvalue weighted by atomic mass is 10.3. The van der Waals surface area contributed by atoms with Crippen molar-refractivity contribution in [1.29, 1.82) is 0 Å². The third-order valence-corrected chi connectivity index (χ3v) is 4.07. The van der Waals surface area contributed by atoms with Gasteiger partial charge in [0.05, 0.1) is 6.61 Å². The zero-order chi connectivity index (χ0) is 14.8. The molecule has 2 aromatic rings. The average molecular weight is 296 g/mol. The topological polar surface area (TPSA) is 97.1 Å². The van der Waals surface area contributed by atoms with Crippen LogP contribution in [-0.4, -0.2) is 28.3 Å². The Bertz CT molecular complexity index is 680. The van der Waals surface area contributed by atoms with Gasteiger partial charge in [-0.15, -0.1) is 5.10 Å². The zero-order valence-corrected chi connectivity index (χ0v) is 12.0. The van der Waals surface area contributed by atoms with Crippen molar-refractivity contribution in [3.8, 4) is 0 Å². The average Bonchev–Trinajstić information content (AvgIpc) is 2.84. The lowest BCUT2D eigenvalue weighted by Crippen LogP contribution is -2.13. The normalized spacial score (nSPS) is 11.8. The highest BCUT2D eigenvalue weighted by Gasteiger charge is 2.19. The second-order valence-corrected chi connectivity index (χ2v) is 6.22. The molecular weight excluding hydrogens is 280 g/mol. The molecule has 20 heavy (non-hydrogen) atoms. The Morgan fingerprint density at radius 2 is 2.20 bits per heavy atom. The van der Waals surface area contributed by atoms with Gasteiger partial charge in [0.25, 0.3) is 10.0 Å². The van der Waals surface area contributed by atoms with Crippen molar-refractivity contribution in [2.24, 2.45) is 0 Å². The number of hydrogen-bond donors (Lipinski definition) is 2. The maximum atomic E-state index is 12.2. The molecular formula is C12H16N4O3S. The minimum absolute atomic E-state index is 0.0533. The smallest absolute Gasteiger partial charge is 0.264 e. The van der Waals surface area contributed by atoms with Crippen LogP contribution in [0, 0.1) is 0 Å². The van der Waals surface area contributed by atoms with E-state index in [-0.39, 0.29) is 23.4 Å². The predicted molar refractivity (Wildman–Crippen MR) is 73.6 cm³/mol. The largest absolute Gasteiger partial charge is 0.390 e. The maximum Gasteiger partial charge on any atom is 0.264 e. The fraction of sp³-hybridized carbons (Fsp3) is 0.333. The van der Waals surface area contributed by atoms with E-state index in [1.165, 1.54) is 24.5 Å². The molecule has 0 amide bonds. The van der Waals surface area contributed by atoms with Crippen LogP contribution in [0.4, 0.5) is 5.82 Å². The minimum atomic E-state index is -3.74. The molecule has 0 atom stereocenters. The van der Waals surface area contributed by atoms with Gasteiger partial charge in [0.2, 0.25) is 0 Å². The van der Waals surface area contributed by atoms with Crippen LogP contribution < -0.4 is 4.72 Å². The van der Waals surface area contributed by atoms with Crippen LogP contribution in [0.1, 0.15) is 25.6 Å². The zero-order valence-electron chi connectivity index (χ0n) is 11.2. The fourth-order valence-electron chi connectivity index (χ4n) is 1.80. The van der Waals surface area contributed by atoms with Gasteiger partial charge in [0.1, 0.15) is 4.90 Å². The van der Waals surface area contributed by atoms with Crippen LogP contribution in [0.3, 0.4) is 0 Å². The molecule has 0 bridgehead atoms. The summed E-state index contributed by atoms with van der Waals surface area (Å²) < 4.78 is 28.5. The summed E-state index contributed by atoms with van der Waals surface area (Å²) in [5.74, 6) is 0.148. The first-order valence-corrected chi connectivity index (χ1v) is 7.54. The SMILES string of the molecule is CC(C)n1cc(S(=O)(=O)Nc2cccnn2)cc1CO. The molecule has 2 heterocycles. The van der Waals surface area contributed by atoms with Gasteiger partial charge in [-0.05, 0) is 32.0 Å². The molecule has 2 aromatic heterocycles. The Hall–Kier alpha value is -1.93. The molecule has 0 unspecified atom stereocenters. The summed E-state index contributed by atoms with van der Waals surface area (Å²) in [5.41, 5.74) is 0.541. The van der Waals surface area contributed by atoms with Crippen LogP contribution in [0.25, 0.3) is 0 Å². The second-order valence-electron chi connectivity index (χ2n) is 4.54. The van der Waals surface area contributed by atoms with E-state index in [2.05, 4.69) is 14.9 Å². The maximum absolute atomic E-state index is 12.2. The molecule has 0 saturated heterocycles. The highest BCUT2D eigenvalue weighted by atomic mass is 32.2. The van der Waals surface area contributed by atoms with Crippen molar-refractivity contribution >= 4 is 15.8 Å². The standard InChI is InChI=1S/C12H16N4O3S/c1-9(2)16-7-11(6-10(16)8-17)20(18,19)15-12-4-3-5-13-14-12/h3-7,9,17H,8H2,1-2H3,(H,14,15). The number of rotatable bonds is 5. The third-order valence-electron chi connectivity index (χ3n) is 2.75. The molecule has 108 valence electrons. The van der Waals surface area contributed by atoms with Crippen molar-refractivity contribution in [2.75, 3.05) is 4.72 Å². The van der Waals surface area contributed by atoms with Gasteiger partial charge in [-0.1, -0.05) is 0 Å². The van der Waals surface area contributed by atoms with Crippen LogP contribution in [0.15, 0.2) is 35.5 Å². The van der Waals surface area contributed by atoms with Crippen LogP contribution in [0.5, 0.6) is 0 Å². The molecule has 0 spiro atoms. The molecule has 8 heteroatoms. The number of aliphatic hydroxyl groups excluding tert-OH is 1. The molecule has 0 saturated carbocycles. The molecule has 2 rings (SSSR count). The first-order chi connectivity index (χ1) is 9.44. The summed E-state index contributed by atoms with van der Waals surface area (Å²) in [4.78, 5) is 0.0842. The first-order valence-electron chi connectivity index (χ1n) is 6.06. The van der Waals surface area contributed by atoms with Gasteiger partial charge < -0.3 is 9.67 Å². The van der Waals surface area contributed by atoms with E-state index in [0.717, 1.165) is 0 Å². The van der Waals surface area contributed by atoms with Crippen molar-refractivity contribution in [2.45, 2.75) is 31.4 Å². The molecule has 0 aliphatic rings. The number of sulfonamides is 1. The van der Waals surface area contributed by atoms with Crippen molar-refractivity contribution in [3.63, 3.8) is 0 Å². The summed E-state index contributed by atoms with van der Waals surface area (Å²) in [6.45, 7) is 3.59. The lowest BCUT2D eigenvalue weighted by Gasteiger charge is -2.10. The van der Waals surface area contributed by atoms with Gasteiger partial charge in [0, 0.05) is 24.1 Å². The van der Waals surface area contributed by atoms with Gasteiger partial charge in [0.15, 0.2) is 5.82 Å². The van der Waals surface area contributed by atoms with Gasteiger partial charge in [-0.2, -0.15) is 5.10 Å². The Labute approximate surface area is 117 Å². The number of anilines is 1. The Kier molecular flexibility index (Phi) is 4.05. The molecule has 0 radical (unpaired) electrons. The fourth-order valence-corrected chi connectivity index (χ4v) is 2.85. The number of aliphatic hydroxyl groups is 1. The number of nitrogens with one attached hydrogen (secondary N) is 1. The van der Waals surface area contributed by atoms with E-state index in [1.807, 2.05) is 13.8 Å². The summed E-state index contributed by atoms with van der Waals surface area (Å²) in [6, 6.07) is 4.59. The number of aromatic nitrogens is 3. The van der Waals surface area contributed by atoms with Gasteiger partial charge in [-0.3, -0.25) is 4.72 Å². The Morgan fingerprint density at radius 3 is 2.70 bits per heavy atom. The quantitative estimate of drug-likeness (QED) is 0.862. The van der Waals surface area contributed by atoms with Crippen LogP contribution in [0.2, 0.25) is 0 Å². The van der Waals surface area contributed by atoms with Gasteiger partial charge in [-0.25, -0.2) is 8.42 Å². The van der Waals surface area contributed by atoms with E-state index >= 15 is 0 Å². The molecule has 0 aliphatic heterocycles. The number of hydrogen-bond acceptors (Lipinski definition) is 5. The highest BCUT2D eigenvalue weighted by Crippen LogP contribution is 2.20. The summed E-state index contributed by atoms with van der Waals surface area (Å²) in [6.07, 6.45) is 2.95. The minimum Gasteiger partial charge on any atom is -0.390 e. The van der Waals surface area contributed by atoms with Crippen LogP contribution in [-0.2, 0) is 16.6 Å². The van der Waals surface area contributed by atoms with E-state index in [9.17, 15) is 13.5 Å². The molecule has 0 aliphatic carbocycles. The lowest BCUT2D eigenvalue weighted by molar-refractivity contribution is 0.268. The van der Waals surface area contributed by atoms with E-state index < -0.39 is 10.0 Å². The summed E-state index contributed by atoms with van der Waals surface area (Å²) in [5, 5.41) is 16.6. The van der Waals surface area contributed by atoms with E-state index in [0.29, 0.717) is 5.69 Å². The predicted octanol–water partition coefficient (Wildman–Crippen LogP) is 1.15. The van der Waals surface area contributed by atoms with Crippen molar-refractivity contribution in [1.82, 2.24) is 14.8 Å². The second kappa shape index (κ2) is 5.59. The van der Waals surface area contributed by atoms with Crippen molar-refractivity contribution in [3.05, 3.63) is 36.3 Å². The van der Waals surface area contributed by atoms with E-state index in [4.69, 9.17) is 0 Å². The number of nitrogens with zero attached hydrogens (tertiary/aromatic N) is 3. The molecule has 0 fully saturated rings. The Morgan fingerprint density at radius 1 is 1.45 bits per heavy atom. The van der Waals surface area contributed by atoms with Gasteiger partial charge >= 0.3 is 0 Å². The molecule has 7 nitrogen and oxygen atoms in total. The highest BCUT2D eigenvalue weighted by molar-refractivity contribution is 7.92. The Balaban J connectivity index is 2.35. The summed E-state index contributed by atoms with van der Waals surface area (Å²) >= 11 is 0. The van der Waals surface area contributed by atoms with Crippen LogP contribution >= 0.6 is 0 Å².